The van der Waals surface area contributed by atoms with Crippen molar-refractivity contribution in [2.75, 3.05) is 0 Å². The summed E-state index contributed by atoms with van der Waals surface area (Å²) in [6.07, 6.45) is 0. The van der Waals surface area contributed by atoms with Crippen LogP contribution in [0.2, 0.25) is 0 Å². The Balaban J connectivity index is 2.75. The number of halogens is 3. The van der Waals surface area contributed by atoms with Crippen LogP contribution in [0.1, 0.15) is 0 Å². The molecule has 0 spiro atoms. The lowest BCUT2D eigenvalue weighted by Gasteiger charge is -2.01. The average Bonchev–Trinajstić information content (AvgIpc) is 2.06. The Kier molecular flexibility index (Phi) is 3.50. The van der Waals surface area contributed by atoms with E-state index in [0.29, 0.717) is 11.9 Å². The minimum absolute atomic E-state index is 0.0194. The van der Waals surface area contributed by atoms with Gasteiger partial charge < -0.3 is 0 Å². The second-order valence-corrected chi connectivity index (χ2v) is 3.24. The fraction of sp³-hybridized carbons (Fsp3) is 0. The summed E-state index contributed by atoms with van der Waals surface area (Å²) in [5, 5.41) is -0.839. The number of hydrogen-bond donors (Lipinski definition) is 1. The first kappa shape index (κ1) is 10.3. The second kappa shape index (κ2) is 4.43. The standard InChI is InChI=1S/C7H4ClF2NOS/c8-7(12)11-13-6-3-4(9)1-2-5(6)10/h1-3H,(H,11,12). The molecule has 13 heavy (non-hydrogen) atoms. The quantitative estimate of drug-likeness (QED) is 0.475. The highest BCUT2D eigenvalue weighted by Gasteiger charge is 2.05. The smallest absolute Gasteiger partial charge is 0.282 e. The van der Waals surface area contributed by atoms with Crippen LogP contribution in [0.5, 0.6) is 0 Å². The fourth-order valence-corrected chi connectivity index (χ4v) is 1.29. The maximum Gasteiger partial charge on any atom is 0.323 e. The Morgan fingerprint density at radius 2 is 2.15 bits per heavy atom. The predicted octanol–water partition coefficient (Wildman–Crippen LogP) is 2.92. The van der Waals surface area contributed by atoms with Crippen molar-refractivity contribution in [2.45, 2.75) is 4.90 Å². The van der Waals surface area contributed by atoms with Crippen molar-refractivity contribution in [1.82, 2.24) is 4.72 Å². The van der Waals surface area contributed by atoms with Crippen LogP contribution in [0.25, 0.3) is 0 Å². The molecule has 0 radical (unpaired) electrons. The van der Waals surface area contributed by atoms with Gasteiger partial charge in [-0.1, -0.05) is 0 Å². The number of nitrogens with one attached hydrogen (secondary N) is 1. The third-order valence-electron chi connectivity index (χ3n) is 1.13. The van der Waals surface area contributed by atoms with Crippen LogP contribution in [-0.2, 0) is 0 Å². The lowest BCUT2D eigenvalue weighted by molar-refractivity contribution is 0.264. The molecule has 0 fully saturated rings. The van der Waals surface area contributed by atoms with Gasteiger partial charge in [-0.05, 0) is 41.7 Å². The molecule has 0 heterocycles. The SMILES string of the molecule is O=C(Cl)NSc1cc(F)ccc1F. The fourth-order valence-electron chi connectivity index (χ4n) is 0.651. The van der Waals surface area contributed by atoms with Crippen LogP contribution in [0.3, 0.4) is 0 Å². The molecule has 0 saturated heterocycles. The Hall–Kier alpha value is -0.810. The van der Waals surface area contributed by atoms with E-state index in [1.807, 2.05) is 0 Å². The van der Waals surface area contributed by atoms with E-state index in [0.717, 1.165) is 18.2 Å². The van der Waals surface area contributed by atoms with Crippen LogP contribution in [0, 0.1) is 11.6 Å². The van der Waals surface area contributed by atoms with Gasteiger partial charge in [0, 0.05) is 0 Å². The topological polar surface area (TPSA) is 29.1 Å². The molecule has 1 aromatic rings. The van der Waals surface area contributed by atoms with Gasteiger partial charge in [-0.25, -0.2) is 8.78 Å². The molecule has 6 heteroatoms. The van der Waals surface area contributed by atoms with E-state index in [1.54, 1.807) is 0 Å². The lowest BCUT2D eigenvalue weighted by Crippen LogP contribution is -2.05. The van der Waals surface area contributed by atoms with E-state index in [2.05, 4.69) is 4.72 Å². The van der Waals surface area contributed by atoms with E-state index in [4.69, 9.17) is 11.6 Å². The molecule has 1 amide bonds. The summed E-state index contributed by atoms with van der Waals surface area (Å²) < 4.78 is 27.5. The van der Waals surface area contributed by atoms with Crippen LogP contribution >= 0.6 is 23.5 Å². The molecule has 0 aliphatic carbocycles. The van der Waals surface area contributed by atoms with Crippen molar-refractivity contribution >= 4 is 28.9 Å². The molecule has 70 valence electrons. The Labute approximate surface area is 82.4 Å². The summed E-state index contributed by atoms with van der Waals surface area (Å²) in [5.41, 5.74) is 0. The summed E-state index contributed by atoms with van der Waals surface area (Å²) in [4.78, 5) is 10.2. The highest BCUT2D eigenvalue weighted by molar-refractivity contribution is 7.98. The summed E-state index contributed by atoms with van der Waals surface area (Å²) >= 11 is 5.56. The highest BCUT2D eigenvalue weighted by atomic mass is 35.5. The predicted molar refractivity (Wildman–Crippen MR) is 46.6 cm³/mol. The van der Waals surface area contributed by atoms with E-state index < -0.39 is 17.0 Å². The third kappa shape index (κ3) is 3.20. The molecule has 0 aliphatic heterocycles. The molecule has 1 aromatic carbocycles. The van der Waals surface area contributed by atoms with Gasteiger partial charge in [0.1, 0.15) is 11.6 Å². The van der Waals surface area contributed by atoms with E-state index >= 15 is 0 Å². The van der Waals surface area contributed by atoms with Gasteiger partial charge in [-0.15, -0.1) is 0 Å². The van der Waals surface area contributed by atoms with E-state index in [1.165, 1.54) is 0 Å². The zero-order valence-corrected chi connectivity index (χ0v) is 7.75. The first-order valence-electron chi connectivity index (χ1n) is 3.17. The van der Waals surface area contributed by atoms with Crippen LogP contribution in [0.15, 0.2) is 23.1 Å². The average molecular weight is 224 g/mol. The van der Waals surface area contributed by atoms with Crippen LogP contribution in [0.4, 0.5) is 13.6 Å². The number of carbonyl (C=O) groups is 1. The van der Waals surface area contributed by atoms with Crippen molar-refractivity contribution in [1.29, 1.82) is 0 Å². The molecule has 0 saturated carbocycles. The number of rotatable bonds is 2. The van der Waals surface area contributed by atoms with Gasteiger partial charge >= 0.3 is 5.37 Å². The molecule has 1 rings (SSSR count). The minimum atomic E-state index is -0.839. The van der Waals surface area contributed by atoms with Crippen molar-refractivity contribution in [2.24, 2.45) is 0 Å². The summed E-state index contributed by atoms with van der Waals surface area (Å²) in [6.45, 7) is 0. The van der Waals surface area contributed by atoms with Crippen molar-refractivity contribution in [3.8, 4) is 0 Å². The van der Waals surface area contributed by atoms with Gasteiger partial charge in [0.05, 0.1) is 4.90 Å². The summed E-state index contributed by atoms with van der Waals surface area (Å²) in [5.74, 6) is -1.19. The van der Waals surface area contributed by atoms with Gasteiger partial charge in [0.2, 0.25) is 0 Å². The summed E-state index contributed by atoms with van der Waals surface area (Å²) in [7, 11) is 0. The molecular weight excluding hydrogens is 220 g/mol. The van der Waals surface area contributed by atoms with Crippen LogP contribution < -0.4 is 4.72 Å². The second-order valence-electron chi connectivity index (χ2n) is 2.05. The number of hydrogen-bond acceptors (Lipinski definition) is 2. The van der Waals surface area contributed by atoms with E-state index in [-0.39, 0.29) is 4.90 Å². The largest absolute Gasteiger partial charge is 0.323 e. The maximum atomic E-state index is 12.8. The zero-order valence-electron chi connectivity index (χ0n) is 6.18. The number of amides is 1. The summed E-state index contributed by atoms with van der Waals surface area (Å²) in [6, 6.07) is 2.92. The Morgan fingerprint density at radius 3 is 2.77 bits per heavy atom. The molecule has 2 nitrogen and oxygen atoms in total. The van der Waals surface area contributed by atoms with Gasteiger partial charge in [-0.2, -0.15) is 0 Å². The first-order valence-corrected chi connectivity index (χ1v) is 4.36. The Bertz CT molecular complexity index is 334. The molecule has 0 aliphatic rings. The molecule has 0 unspecified atom stereocenters. The van der Waals surface area contributed by atoms with Gasteiger partial charge in [-0.3, -0.25) is 9.52 Å². The van der Waals surface area contributed by atoms with Crippen molar-refractivity contribution in [3.05, 3.63) is 29.8 Å². The Morgan fingerprint density at radius 1 is 1.46 bits per heavy atom. The maximum absolute atomic E-state index is 12.8. The minimum Gasteiger partial charge on any atom is -0.282 e. The van der Waals surface area contributed by atoms with Crippen molar-refractivity contribution < 1.29 is 13.6 Å². The third-order valence-corrected chi connectivity index (χ3v) is 2.16. The van der Waals surface area contributed by atoms with Gasteiger partial charge in [0.25, 0.3) is 0 Å². The lowest BCUT2D eigenvalue weighted by atomic mass is 10.3. The zero-order chi connectivity index (χ0) is 9.84. The first-order chi connectivity index (χ1) is 6.09. The monoisotopic (exact) mass is 223 g/mol. The molecular formula is C7H4ClF2NOS. The number of benzene rings is 1. The van der Waals surface area contributed by atoms with E-state index in [9.17, 15) is 13.6 Å². The van der Waals surface area contributed by atoms with Gasteiger partial charge in [0.15, 0.2) is 0 Å². The number of carbonyl (C=O) groups excluding carboxylic acids is 1. The highest BCUT2D eigenvalue weighted by Crippen LogP contribution is 2.19. The molecule has 1 N–H and O–H groups in total. The molecule has 0 atom stereocenters. The molecule has 0 aromatic heterocycles. The van der Waals surface area contributed by atoms with Crippen molar-refractivity contribution in [3.63, 3.8) is 0 Å². The van der Waals surface area contributed by atoms with Crippen LogP contribution in [-0.4, -0.2) is 5.37 Å². The normalized spacial score (nSPS) is 9.77. The molecule has 0 bridgehead atoms.